The lowest BCUT2D eigenvalue weighted by molar-refractivity contribution is 0.262. The van der Waals surface area contributed by atoms with E-state index >= 15 is 0 Å². The monoisotopic (exact) mass is 545 g/mol. The van der Waals surface area contributed by atoms with E-state index in [4.69, 9.17) is 32.7 Å². The molecule has 1 fully saturated rings. The van der Waals surface area contributed by atoms with Gasteiger partial charge >= 0.3 is 6.03 Å². The van der Waals surface area contributed by atoms with Crippen LogP contribution in [-0.4, -0.2) is 67.8 Å². The molecule has 2 aromatic carbocycles. The maximum Gasteiger partial charge on any atom is 0.324 e. The first kappa shape index (κ1) is 26.6. The van der Waals surface area contributed by atoms with Crippen molar-refractivity contribution in [2.75, 3.05) is 67.8 Å². The van der Waals surface area contributed by atoms with Crippen molar-refractivity contribution in [2.24, 2.45) is 0 Å². The maximum atomic E-state index is 12.7. The number of hydrogen-bond donors (Lipinski definition) is 3. The second-order valence-electron chi connectivity index (χ2n) is 8.24. The van der Waals surface area contributed by atoms with Gasteiger partial charge in [-0.2, -0.15) is 0 Å². The van der Waals surface area contributed by atoms with Gasteiger partial charge in [0.05, 0.1) is 19.9 Å². The smallest absolute Gasteiger partial charge is 0.324 e. The molecule has 196 valence electrons. The number of likely N-dealkylation sites (N-methyl/N-ethyl adjacent to an activating group) is 1. The van der Waals surface area contributed by atoms with E-state index < -0.39 is 6.03 Å². The van der Waals surface area contributed by atoms with E-state index in [0.717, 1.165) is 38.4 Å². The molecule has 0 radical (unpaired) electrons. The minimum atomic E-state index is -0.601. The minimum Gasteiger partial charge on any atom is -0.495 e. The van der Waals surface area contributed by atoms with E-state index in [1.165, 1.54) is 32.3 Å². The lowest BCUT2D eigenvalue weighted by atomic mass is 10.2. The van der Waals surface area contributed by atoms with Crippen LogP contribution in [0.4, 0.5) is 33.5 Å². The number of aromatic nitrogens is 2. The Hall–Kier alpha value is -3.47. The highest BCUT2D eigenvalue weighted by Gasteiger charge is 2.20. The van der Waals surface area contributed by atoms with E-state index in [2.05, 4.69) is 54.8 Å². The van der Waals surface area contributed by atoms with E-state index in [9.17, 15) is 4.79 Å². The largest absolute Gasteiger partial charge is 0.495 e. The van der Waals surface area contributed by atoms with Crippen molar-refractivity contribution in [3.8, 4) is 11.5 Å². The molecule has 1 saturated heterocycles. The first-order valence-electron chi connectivity index (χ1n) is 11.8. The number of urea groups is 1. The first-order chi connectivity index (χ1) is 17.9. The van der Waals surface area contributed by atoms with Gasteiger partial charge in [0.25, 0.3) is 0 Å². The van der Waals surface area contributed by atoms with Crippen molar-refractivity contribution in [1.82, 2.24) is 14.9 Å². The van der Waals surface area contributed by atoms with Crippen molar-refractivity contribution < 1.29 is 14.3 Å². The highest BCUT2D eigenvalue weighted by atomic mass is 35.5. The number of nitrogens with zero attached hydrogens (tertiary/aromatic N) is 4. The van der Waals surface area contributed by atoms with Crippen molar-refractivity contribution in [3.05, 3.63) is 52.8 Å². The number of amides is 2. The van der Waals surface area contributed by atoms with Gasteiger partial charge in [0.2, 0.25) is 0 Å². The van der Waals surface area contributed by atoms with Gasteiger partial charge in [0.15, 0.2) is 0 Å². The van der Waals surface area contributed by atoms with Gasteiger partial charge < -0.3 is 29.9 Å². The van der Waals surface area contributed by atoms with Gasteiger partial charge in [-0.1, -0.05) is 30.1 Å². The predicted octanol–water partition coefficient (Wildman–Crippen LogP) is 5.33. The Morgan fingerprint density at radius 3 is 2.14 bits per heavy atom. The topological polar surface area (TPSA) is 104 Å². The molecule has 0 unspecified atom stereocenters. The molecule has 1 aliphatic rings. The lowest BCUT2D eigenvalue weighted by Crippen LogP contribution is -2.46. The van der Waals surface area contributed by atoms with Crippen LogP contribution < -0.4 is 30.3 Å². The summed E-state index contributed by atoms with van der Waals surface area (Å²) in [6, 6.07) is 10.7. The molecule has 0 atom stereocenters. The summed E-state index contributed by atoms with van der Waals surface area (Å²) in [5.41, 5.74) is 2.21. The number of ether oxygens (including phenoxy) is 2. The van der Waals surface area contributed by atoms with Crippen molar-refractivity contribution in [1.29, 1.82) is 0 Å². The molecule has 2 heterocycles. The van der Waals surface area contributed by atoms with Crippen LogP contribution in [0.25, 0.3) is 0 Å². The van der Waals surface area contributed by atoms with Crippen LogP contribution in [0.1, 0.15) is 6.92 Å². The number of benzene rings is 2. The summed E-state index contributed by atoms with van der Waals surface area (Å²) in [7, 11) is 2.91. The van der Waals surface area contributed by atoms with Crippen LogP contribution in [0, 0.1) is 0 Å². The number of piperazine rings is 1. The fraction of sp³-hybridized carbons (Fsp3) is 0.320. The third-order valence-electron chi connectivity index (χ3n) is 6.05. The van der Waals surface area contributed by atoms with Crippen LogP contribution in [0.5, 0.6) is 11.5 Å². The number of carbonyl (C=O) groups excluding carboxylic acids is 1. The van der Waals surface area contributed by atoms with Gasteiger partial charge in [-0.15, -0.1) is 0 Å². The number of nitrogens with one attached hydrogen (secondary N) is 3. The molecular weight excluding hydrogens is 517 g/mol. The minimum absolute atomic E-state index is 0.143. The Kier molecular flexibility index (Phi) is 8.75. The van der Waals surface area contributed by atoms with Crippen molar-refractivity contribution in [3.63, 3.8) is 0 Å². The van der Waals surface area contributed by atoms with Crippen LogP contribution in [-0.2, 0) is 0 Å². The molecule has 12 heteroatoms. The van der Waals surface area contributed by atoms with Crippen molar-refractivity contribution >= 4 is 57.9 Å². The SMILES string of the molecule is CCN1CCN(c2ccc(Nc3cc(NC(=O)Nc4c(Cl)c(OC)cc(OC)c4Cl)ncn3)cc2)CC1. The molecule has 1 aliphatic heterocycles. The number of hydrogen-bond acceptors (Lipinski definition) is 8. The molecule has 2 amide bonds. The van der Waals surface area contributed by atoms with Gasteiger partial charge in [0, 0.05) is 49.7 Å². The fourth-order valence-corrected chi connectivity index (χ4v) is 4.57. The second kappa shape index (κ2) is 12.2. The lowest BCUT2D eigenvalue weighted by Gasteiger charge is -2.35. The Morgan fingerprint density at radius 2 is 1.54 bits per heavy atom. The standard InChI is InChI=1S/C25H29Cl2N7O3/c1-4-33-9-11-34(12-10-33)17-7-5-16(6-8-17)30-20-14-21(29-15-28-20)31-25(35)32-24-22(26)18(36-2)13-19(37-3)23(24)27/h5-8,13-15H,4,9-12H2,1-3H3,(H3,28,29,30,31,32,35). The van der Waals surface area contributed by atoms with Gasteiger partial charge in [-0.3, -0.25) is 5.32 Å². The summed E-state index contributed by atoms with van der Waals surface area (Å²) >= 11 is 12.7. The summed E-state index contributed by atoms with van der Waals surface area (Å²) in [6.07, 6.45) is 1.36. The van der Waals surface area contributed by atoms with Crippen LogP contribution in [0.15, 0.2) is 42.7 Å². The average Bonchev–Trinajstić information content (AvgIpc) is 2.92. The van der Waals surface area contributed by atoms with Crippen LogP contribution >= 0.6 is 23.2 Å². The summed E-state index contributed by atoms with van der Waals surface area (Å²) in [6.45, 7) is 7.46. The molecule has 3 aromatic rings. The maximum absolute atomic E-state index is 12.7. The molecule has 1 aromatic heterocycles. The van der Waals surface area contributed by atoms with Gasteiger partial charge in [0.1, 0.15) is 39.5 Å². The van der Waals surface area contributed by atoms with Crippen LogP contribution in [0.2, 0.25) is 10.0 Å². The zero-order valence-corrected chi connectivity index (χ0v) is 22.4. The highest BCUT2D eigenvalue weighted by Crippen LogP contribution is 2.44. The number of rotatable bonds is 8. The molecule has 10 nitrogen and oxygen atoms in total. The summed E-state index contributed by atoms with van der Waals surface area (Å²) in [5, 5.41) is 8.81. The predicted molar refractivity (Wildman–Crippen MR) is 148 cm³/mol. The molecule has 0 spiro atoms. The first-order valence-corrected chi connectivity index (χ1v) is 12.5. The third kappa shape index (κ3) is 6.46. The summed E-state index contributed by atoms with van der Waals surface area (Å²) < 4.78 is 10.5. The molecule has 0 saturated carbocycles. The quantitative estimate of drug-likeness (QED) is 0.349. The van der Waals surface area contributed by atoms with Gasteiger partial charge in [-0.25, -0.2) is 14.8 Å². The fourth-order valence-electron chi connectivity index (χ4n) is 3.98. The zero-order chi connectivity index (χ0) is 26.4. The summed E-state index contributed by atoms with van der Waals surface area (Å²) in [5.74, 6) is 1.41. The Labute approximate surface area is 225 Å². The number of carbonyl (C=O) groups is 1. The molecule has 0 aliphatic carbocycles. The van der Waals surface area contributed by atoms with Gasteiger partial charge in [-0.05, 0) is 30.8 Å². The van der Waals surface area contributed by atoms with E-state index in [1.54, 1.807) is 6.07 Å². The normalized spacial score (nSPS) is 13.7. The third-order valence-corrected chi connectivity index (χ3v) is 6.80. The molecular formula is C25H29Cl2N7O3. The Bertz CT molecular complexity index is 1210. The average molecular weight is 546 g/mol. The summed E-state index contributed by atoms with van der Waals surface area (Å²) in [4.78, 5) is 25.9. The number of anilines is 5. The highest BCUT2D eigenvalue weighted by molar-refractivity contribution is 6.41. The molecule has 37 heavy (non-hydrogen) atoms. The van der Waals surface area contributed by atoms with Crippen LogP contribution in [0.3, 0.4) is 0 Å². The molecule has 0 bridgehead atoms. The Balaban J connectivity index is 1.39. The van der Waals surface area contributed by atoms with E-state index in [1.807, 2.05) is 12.1 Å². The van der Waals surface area contributed by atoms with E-state index in [0.29, 0.717) is 17.3 Å². The number of methoxy groups -OCH3 is 2. The second-order valence-corrected chi connectivity index (χ2v) is 9.00. The molecule has 4 rings (SSSR count). The molecule has 3 N–H and O–H groups in total. The van der Waals surface area contributed by atoms with Crippen molar-refractivity contribution in [2.45, 2.75) is 6.92 Å². The number of halogens is 2. The van der Waals surface area contributed by atoms with E-state index in [-0.39, 0.29) is 21.6 Å². The Morgan fingerprint density at radius 1 is 0.919 bits per heavy atom. The zero-order valence-electron chi connectivity index (χ0n) is 20.8.